The zero-order valence-corrected chi connectivity index (χ0v) is 11.0. The molecule has 0 aliphatic rings. The lowest BCUT2D eigenvalue weighted by molar-refractivity contribution is 0.0697. The zero-order chi connectivity index (χ0) is 13.1. The van der Waals surface area contributed by atoms with E-state index in [1.165, 1.54) is 0 Å². The standard InChI is InChI=1S/C13H14N2O2S/c1-8-7-14-12(18-8)9(2)15-11-5-3-4-10(6-11)13(16)17/h3-7,9,15H,1-2H3,(H,16,17). The third-order valence-electron chi connectivity index (χ3n) is 2.50. The molecular formula is C13H14N2O2S. The first-order valence-corrected chi connectivity index (χ1v) is 6.40. The number of benzene rings is 1. The molecule has 0 saturated heterocycles. The van der Waals surface area contributed by atoms with Gasteiger partial charge in [-0.15, -0.1) is 11.3 Å². The lowest BCUT2D eigenvalue weighted by Crippen LogP contribution is -2.07. The van der Waals surface area contributed by atoms with E-state index in [4.69, 9.17) is 5.11 Å². The molecule has 1 unspecified atom stereocenters. The molecule has 0 radical (unpaired) electrons. The lowest BCUT2D eigenvalue weighted by Gasteiger charge is -2.13. The molecule has 0 spiro atoms. The minimum absolute atomic E-state index is 0.0627. The molecule has 18 heavy (non-hydrogen) atoms. The van der Waals surface area contributed by atoms with Gasteiger partial charge in [-0.1, -0.05) is 6.07 Å². The van der Waals surface area contributed by atoms with Crippen LogP contribution in [0.2, 0.25) is 0 Å². The summed E-state index contributed by atoms with van der Waals surface area (Å²) in [5, 5.41) is 13.2. The number of hydrogen-bond donors (Lipinski definition) is 2. The van der Waals surface area contributed by atoms with E-state index in [0.29, 0.717) is 0 Å². The summed E-state index contributed by atoms with van der Waals surface area (Å²) < 4.78 is 0. The van der Waals surface area contributed by atoms with Crippen LogP contribution in [-0.4, -0.2) is 16.1 Å². The van der Waals surface area contributed by atoms with Crippen LogP contribution < -0.4 is 5.32 Å². The maximum absolute atomic E-state index is 10.9. The number of nitrogens with one attached hydrogen (secondary N) is 1. The monoisotopic (exact) mass is 262 g/mol. The van der Waals surface area contributed by atoms with E-state index in [-0.39, 0.29) is 11.6 Å². The molecule has 0 aliphatic carbocycles. The molecular weight excluding hydrogens is 248 g/mol. The highest BCUT2D eigenvalue weighted by molar-refractivity contribution is 7.11. The number of hydrogen-bond acceptors (Lipinski definition) is 4. The Labute approximate surface area is 109 Å². The van der Waals surface area contributed by atoms with E-state index in [1.54, 1.807) is 29.5 Å². The Morgan fingerprint density at radius 2 is 2.28 bits per heavy atom. The maximum Gasteiger partial charge on any atom is 0.335 e. The molecule has 94 valence electrons. The van der Waals surface area contributed by atoms with Crippen molar-refractivity contribution in [2.75, 3.05) is 5.32 Å². The molecule has 0 saturated carbocycles. The number of aromatic carboxylic acids is 1. The molecule has 5 heteroatoms. The van der Waals surface area contributed by atoms with E-state index in [2.05, 4.69) is 10.3 Å². The predicted molar refractivity (Wildman–Crippen MR) is 72.3 cm³/mol. The van der Waals surface area contributed by atoms with Crippen molar-refractivity contribution >= 4 is 23.0 Å². The molecule has 2 rings (SSSR count). The third-order valence-corrected chi connectivity index (χ3v) is 3.60. The van der Waals surface area contributed by atoms with E-state index in [1.807, 2.05) is 26.1 Å². The fourth-order valence-electron chi connectivity index (χ4n) is 1.63. The number of carboxylic acid groups (broad SMARTS) is 1. The number of anilines is 1. The van der Waals surface area contributed by atoms with Crippen molar-refractivity contribution < 1.29 is 9.90 Å². The highest BCUT2D eigenvalue weighted by Gasteiger charge is 2.10. The average Bonchev–Trinajstić information content (AvgIpc) is 2.76. The first-order chi connectivity index (χ1) is 8.56. The quantitative estimate of drug-likeness (QED) is 0.887. The molecule has 1 atom stereocenters. The zero-order valence-electron chi connectivity index (χ0n) is 10.2. The van der Waals surface area contributed by atoms with Crippen molar-refractivity contribution in [3.05, 3.63) is 45.9 Å². The summed E-state index contributed by atoms with van der Waals surface area (Å²) in [5.74, 6) is -0.920. The second kappa shape index (κ2) is 5.18. The molecule has 0 fully saturated rings. The fraction of sp³-hybridized carbons (Fsp3) is 0.231. The number of aryl methyl sites for hydroxylation is 1. The Balaban J connectivity index is 2.14. The number of rotatable bonds is 4. The van der Waals surface area contributed by atoms with E-state index >= 15 is 0 Å². The summed E-state index contributed by atoms with van der Waals surface area (Å²) in [6, 6.07) is 6.84. The Morgan fingerprint density at radius 1 is 1.50 bits per heavy atom. The molecule has 1 heterocycles. The number of carbonyl (C=O) groups is 1. The van der Waals surface area contributed by atoms with Gasteiger partial charge in [-0.05, 0) is 32.0 Å². The first-order valence-electron chi connectivity index (χ1n) is 5.58. The molecule has 0 aliphatic heterocycles. The van der Waals surface area contributed by atoms with Gasteiger partial charge in [0.1, 0.15) is 5.01 Å². The predicted octanol–water partition coefficient (Wildman–Crippen LogP) is 3.32. The number of nitrogens with zero attached hydrogens (tertiary/aromatic N) is 1. The van der Waals surface area contributed by atoms with Crippen LogP contribution in [0.15, 0.2) is 30.5 Å². The summed E-state index contributed by atoms with van der Waals surface area (Å²) in [6.45, 7) is 4.02. The Morgan fingerprint density at radius 3 is 2.89 bits per heavy atom. The summed E-state index contributed by atoms with van der Waals surface area (Å²) >= 11 is 1.64. The molecule has 4 nitrogen and oxygen atoms in total. The number of carboxylic acids is 1. The number of thiazole rings is 1. The van der Waals surface area contributed by atoms with Gasteiger partial charge in [0.05, 0.1) is 11.6 Å². The van der Waals surface area contributed by atoms with Gasteiger partial charge in [0.15, 0.2) is 0 Å². The molecule has 2 N–H and O–H groups in total. The van der Waals surface area contributed by atoms with Gasteiger partial charge in [0.25, 0.3) is 0 Å². The van der Waals surface area contributed by atoms with Crippen molar-refractivity contribution in [3.63, 3.8) is 0 Å². The molecule has 1 aromatic carbocycles. The lowest BCUT2D eigenvalue weighted by atomic mass is 10.2. The van der Waals surface area contributed by atoms with Gasteiger partial charge in [-0.2, -0.15) is 0 Å². The molecule has 2 aromatic rings. The van der Waals surface area contributed by atoms with Gasteiger partial charge >= 0.3 is 5.97 Å². The first kappa shape index (κ1) is 12.6. The van der Waals surface area contributed by atoms with Gasteiger partial charge in [-0.25, -0.2) is 9.78 Å². The molecule has 1 aromatic heterocycles. The van der Waals surface area contributed by atoms with Crippen molar-refractivity contribution in [2.24, 2.45) is 0 Å². The van der Waals surface area contributed by atoms with Crippen LogP contribution in [0.1, 0.15) is 33.2 Å². The van der Waals surface area contributed by atoms with Gasteiger partial charge in [-0.3, -0.25) is 0 Å². The summed E-state index contributed by atoms with van der Waals surface area (Å²) in [7, 11) is 0. The highest BCUT2D eigenvalue weighted by atomic mass is 32.1. The summed E-state index contributed by atoms with van der Waals surface area (Å²) in [5.41, 5.74) is 1.07. The SMILES string of the molecule is Cc1cnc(C(C)Nc2cccc(C(=O)O)c2)s1. The Bertz CT molecular complexity index is 566. The van der Waals surface area contributed by atoms with Crippen molar-refractivity contribution in [1.82, 2.24) is 4.98 Å². The maximum atomic E-state index is 10.9. The fourth-order valence-corrected chi connectivity index (χ4v) is 2.40. The van der Waals surface area contributed by atoms with Crippen LogP contribution in [-0.2, 0) is 0 Å². The van der Waals surface area contributed by atoms with Crippen LogP contribution in [0.25, 0.3) is 0 Å². The topological polar surface area (TPSA) is 62.2 Å². The highest BCUT2D eigenvalue weighted by Crippen LogP contribution is 2.23. The van der Waals surface area contributed by atoms with Crippen molar-refractivity contribution in [1.29, 1.82) is 0 Å². The largest absolute Gasteiger partial charge is 0.478 e. The normalized spacial score (nSPS) is 12.1. The van der Waals surface area contributed by atoms with E-state index in [9.17, 15) is 4.79 Å². The smallest absolute Gasteiger partial charge is 0.335 e. The molecule has 0 amide bonds. The Kier molecular flexibility index (Phi) is 3.62. The van der Waals surface area contributed by atoms with Gasteiger partial charge < -0.3 is 10.4 Å². The second-order valence-electron chi connectivity index (χ2n) is 4.06. The van der Waals surface area contributed by atoms with Crippen LogP contribution in [0.4, 0.5) is 5.69 Å². The second-order valence-corrected chi connectivity index (χ2v) is 5.33. The average molecular weight is 262 g/mol. The van der Waals surface area contributed by atoms with Crippen LogP contribution in [0.5, 0.6) is 0 Å². The minimum Gasteiger partial charge on any atom is -0.478 e. The van der Waals surface area contributed by atoms with Crippen LogP contribution in [0, 0.1) is 6.92 Å². The van der Waals surface area contributed by atoms with Crippen molar-refractivity contribution in [2.45, 2.75) is 19.9 Å². The van der Waals surface area contributed by atoms with Gasteiger partial charge in [0.2, 0.25) is 0 Å². The third kappa shape index (κ3) is 2.87. The van der Waals surface area contributed by atoms with Crippen LogP contribution >= 0.6 is 11.3 Å². The van der Waals surface area contributed by atoms with Gasteiger partial charge in [0, 0.05) is 16.8 Å². The number of aromatic nitrogens is 1. The Hall–Kier alpha value is -1.88. The minimum atomic E-state index is -0.920. The van der Waals surface area contributed by atoms with Crippen molar-refractivity contribution in [3.8, 4) is 0 Å². The molecule has 0 bridgehead atoms. The summed E-state index contributed by atoms with van der Waals surface area (Å²) in [4.78, 5) is 16.3. The van der Waals surface area contributed by atoms with E-state index in [0.717, 1.165) is 15.6 Å². The van der Waals surface area contributed by atoms with Crippen LogP contribution in [0.3, 0.4) is 0 Å². The summed E-state index contributed by atoms with van der Waals surface area (Å²) in [6.07, 6.45) is 1.84. The van der Waals surface area contributed by atoms with E-state index < -0.39 is 5.97 Å².